The van der Waals surface area contributed by atoms with Crippen LogP contribution in [-0.4, -0.2) is 28.6 Å². The van der Waals surface area contributed by atoms with Crippen LogP contribution in [-0.2, 0) is 9.59 Å². The summed E-state index contributed by atoms with van der Waals surface area (Å²) in [6.45, 7) is 1.32. The van der Waals surface area contributed by atoms with Gasteiger partial charge in [0.15, 0.2) is 5.78 Å². The molecule has 0 saturated carbocycles. The van der Waals surface area contributed by atoms with Gasteiger partial charge >= 0.3 is 5.97 Å². The number of ketones is 1. The van der Waals surface area contributed by atoms with Crippen molar-refractivity contribution in [1.29, 1.82) is 0 Å². The summed E-state index contributed by atoms with van der Waals surface area (Å²) < 4.78 is 0. The monoisotopic (exact) mass is 174 g/mol. The van der Waals surface area contributed by atoms with Crippen molar-refractivity contribution < 1.29 is 19.8 Å². The van der Waals surface area contributed by atoms with E-state index in [-0.39, 0.29) is 12.2 Å². The summed E-state index contributed by atoms with van der Waals surface area (Å²) in [6, 6.07) is 0. The van der Waals surface area contributed by atoms with Crippen molar-refractivity contribution in [3.8, 4) is 0 Å². The van der Waals surface area contributed by atoms with Crippen molar-refractivity contribution in [2.24, 2.45) is 5.92 Å². The highest BCUT2D eigenvalue weighted by Crippen LogP contribution is 2.11. The summed E-state index contributed by atoms with van der Waals surface area (Å²) in [6.07, 6.45) is 1.11. The van der Waals surface area contributed by atoms with E-state index in [2.05, 4.69) is 0 Å². The van der Waals surface area contributed by atoms with Crippen LogP contribution in [0.3, 0.4) is 0 Å². The quantitative estimate of drug-likeness (QED) is 0.612. The molecule has 12 heavy (non-hydrogen) atoms. The van der Waals surface area contributed by atoms with Crippen LogP contribution in [0.1, 0.15) is 26.2 Å². The van der Waals surface area contributed by atoms with Crippen molar-refractivity contribution in [2.75, 3.05) is 6.61 Å². The lowest BCUT2D eigenvalue weighted by molar-refractivity contribution is -0.141. The number of Topliss-reactive ketones (excluding diaryl/α,β-unsaturated/α-hetero) is 1. The van der Waals surface area contributed by atoms with E-state index in [1.807, 2.05) is 6.92 Å². The average molecular weight is 174 g/mol. The summed E-state index contributed by atoms with van der Waals surface area (Å²) in [5.74, 6) is -1.88. The third kappa shape index (κ3) is 4.08. The van der Waals surface area contributed by atoms with E-state index in [1.54, 1.807) is 0 Å². The second-order valence-corrected chi connectivity index (χ2v) is 2.71. The normalized spacial score (nSPS) is 12.5. The number of hydrogen-bond acceptors (Lipinski definition) is 3. The number of carboxylic acids is 1. The van der Waals surface area contributed by atoms with Gasteiger partial charge in [-0.25, -0.2) is 0 Å². The highest BCUT2D eigenvalue weighted by molar-refractivity contribution is 5.85. The maximum Gasteiger partial charge on any atom is 0.304 e. The smallest absolute Gasteiger partial charge is 0.304 e. The first kappa shape index (κ1) is 11.1. The molecular formula is C8H14O4. The first-order valence-corrected chi connectivity index (χ1v) is 3.97. The fraction of sp³-hybridized carbons (Fsp3) is 0.750. The zero-order valence-electron chi connectivity index (χ0n) is 7.12. The summed E-state index contributed by atoms with van der Waals surface area (Å²) in [7, 11) is 0. The van der Waals surface area contributed by atoms with E-state index in [0.29, 0.717) is 6.42 Å². The Morgan fingerprint density at radius 3 is 2.33 bits per heavy atom. The van der Waals surface area contributed by atoms with E-state index < -0.39 is 18.5 Å². The number of carbonyl (C=O) groups is 2. The molecule has 0 spiro atoms. The Kier molecular flexibility index (Phi) is 5.28. The van der Waals surface area contributed by atoms with Gasteiger partial charge in [-0.15, -0.1) is 0 Å². The molecule has 0 amide bonds. The summed E-state index contributed by atoms with van der Waals surface area (Å²) in [5, 5.41) is 16.9. The molecule has 2 N–H and O–H groups in total. The third-order valence-corrected chi connectivity index (χ3v) is 1.67. The number of aliphatic hydroxyl groups is 1. The highest BCUT2D eigenvalue weighted by atomic mass is 16.4. The average Bonchev–Trinajstić information content (AvgIpc) is 2.01. The number of aliphatic carboxylic acids is 1. The van der Waals surface area contributed by atoms with E-state index in [9.17, 15) is 9.59 Å². The molecule has 0 radical (unpaired) electrons. The molecule has 0 bridgehead atoms. The fourth-order valence-electron chi connectivity index (χ4n) is 1.07. The molecule has 0 aromatic rings. The lowest BCUT2D eigenvalue weighted by Crippen LogP contribution is -2.21. The zero-order chi connectivity index (χ0) is 9.56. The molecule has 0 aromatic carbocycles. The SMILES string of the molecule is CCCC(CC(=O)O)C(=O)CO. The van der Waals surface area contributed by atoms with E-state index >= 15 is 0 Å². The molecule has 4 nitrogen and oxygen atoms in total. The number of carbonyl (C=O) groups excluding carboxylic acids is 1. The third-order valence-electron chi connectivity index (χ3n) is 1.67. The number of rotatable bonds is 6. The maximum absolute atomic E-state index is 10.9. The first-order valence-electron chi connectivity index (χ1n) is 3.97. The lowest BCUT2D eigenvalue weighted by atomic mass is 9.95. The van der Waals surface area contributed by atoms with Gasteiger partial charge < -0.3 is 10.2 Å². The lowest BCUT2D eigenvalue weighted by Gasteiger charge is -2.09. The molecular weight excluding hydrogens is 160 g/mol. The van der Waals surface area contributed by atoms with Crippen molar-refractivity contribution in [3.63, 3.8) is 0 Å². The zero-order valence-corrected chi connectivity index (χ0v) is 7.12. The highest BCUT2D eigenvalue weighted by Gasteiger charge is 2.19. The second-order valence-electron chi connectivity index (χ2n) is 2.71. The Balaban J connectivity index is 4.02. The largest absolute Gasteiger partial charge is 0.481 e. The Morgan fingerprint density at radius 1 is 1.42 bits per heavy atom. The number of hydrogen-bond donors (Lipinski definition) is 2. The number of aliphatic hydroxyl groups excluding tert-OH is 1. The van der Waals surface area contributed by atoms with Gasteiger partial charge in [0, 0.05) is 5.92 Å². The predicted octanol–water partition coefficient (Wildman–Crippen LogP) is 0.439. The van der Waals surface area contributed by atoms with Crippen LogP contribution in [0.2, 0.25) is 0 Å². The van der Waals surface area contributed by atoms with Gasteiger partial charge in [-0.1, -0.05) is 13.3 Å². The molecule has 0 heterocycles. The molecule has 4 heteroatoms. The van der Waals surface area contributed by atoms with Crippen LogP contribution in [0.25, 0.3) is 0 Å². The molecule has 0 rings (SSSR count). The van der Waals surface area contributed by atoms with Crippen LogP contribution in [0.4, 0.5) is 0 Å². The van der Waals surface area contributed by atoms with Crippen molar-refractivity contribution in [2.45, 2.75) is 26.2 Å². The summed E-state index contributed by atoms with van der Waals surface area (Å²) >= 11 is 0. The Hall–Kier alpha value is -0.900. The van der Waals surface area contributed by atoms with Gasteiger partial charge in [-0.3, -0.25) is 9.59 Å². The van der Waals surface area contributed by atoms with E-state index in [0.717, 1.165) is 6.42 Å². The van der Waals surface area contributed by atoms with Gasteiger partial charge in [-0.2, -0.15) is 0 Å². The summed E-state index contributed by atoms with van der Waals surface area (Å²) in [4.78, 5) is 21.2. The molecule has 0 aliphatic heterocycles. The van der Waals surface area contributed by atoms with Crippen LogP contribution >= 0.6 is 0 Å². The van der Waals surface area contributed by atoms with Gasteiger partial charge in [0.1, 0.15) is 6.61 Å². The minimum atomic E-state index is -0.991. The van der Waals surface area contributed by atoms with Crippen molar-refractivity contribution in [3.05, 3.63) is 0 Å². The Morgan fingerprint density at radius 2 is 2.00 bits per heavy atom. The van der Waals surface area contributed by atoms with Crippen LogP contribution in [0.5, 0.6) is 0 Å². The molecule has 0 aliphatic carbocycles. The molecule has 0 aromatic heterocycles. The van der Waals surface area contributed by atoms with Gasteiger partial charge in [0.25, 0.3) is 0 Å². The van der Waals surface area contributed by atoms with Crippen LogP contribution in [0.15, 0.2) is 0 Å². The molecule has 0 fully saturated rings. The predicted molar refractivity (Wildman–Crippen MR) is 42.7 cm³/mol. The minimum Gasteiger partial charge on any atom is -0.481 e. The molecule has 70 valence electrons. The summed E-state index contributed by atoms with van der Waals surface area (Å²) in [5.41, 5.74) is 0. The van der Waals surface area contributed by atoms with Crippen molar-refractivity contribution in [1.82, 2.24) is 0 Å². The fourth-order valence-corrected chi connectivity index (χ4v) is 1.07. The minimum absolute atomic E-state index is 0.173. The van der Waals surface area contributed by atoms with Crippen molar-refractivity contribution >= 4 is 11.8 Å². The standard InChI is InChI=1S/C8H14O4/c1-2-3-6(4-8(11)12)7(10)5-9/h6,9H,2-5H2,1H3,(H,11,12). The second kappa shape index (κ2) is 5.71. The van der Waals surface area contributed by atoms with E-state index in [4.69, 9.17) is 10.2 Å². The van der Waals surface area contributed by atoms with Gasteiger partial charge in [-0.05, 0) is 6.42 Å². The van der Waals surface area contributed by atoms with Crippen LogP contribution < -0.4 is 0 Å². The topological polar surface area (TPSA) is 74.6 Å². The maximum atomic E-state index is 10.9. The van der Waals surface area contributed by atoms with Gasteiger partial charge in [0.2, 0.25) is 0 Å². The Bertz CT molecular complexity index is 164. The molecule has 0 aliphatic rings. The number of carboxylic acid groups (broad SMARTS) is 1. The molecule has 1 unspecified atom stereocenters. The Labute approximate surface area is 71.2 Å². The molecule has 1 atom stereocenters. The van der Waals surface area contributed by atoms with Gasteiger partial charge in [0.05, 0.1) is 6.42 Å². The van der Waals surface area contributed by atoms with E-state index in [1.165, 1.54) is 0 Å². The van der Waals surface area contributed by atoms with Crippen LogP contribution in [0, 0.1) is 5.92 Å². The first-order chi connectivity index (χ1) is 5.61. The molecule has 0 saturated heterocycles.